The number of aliphatic hydroxyl groups excluding tert-OH is 1. The van der Waals surface area contributed by atoms with Crippen molar-refractivity contribution in [3.8, 4) is 11.8 Å². The van der Waals surface area contributed by atoms with Crippen LogP contribution in [0.25, 0.3) is 0 Å². The summed E-state index contributed by atoms with van der Waals surface area (Å²) >= 11 is 0. The fourth-order valence-electron chi connectivity index (χ4n) is 2.25. The molecule has 1 saturated carbocycles. The van der Waals surface area contributed by atoms with E-state index < -0.39 is 10.0 Å². The molecule has 0 atom stereocenters. The Morgan fingerprint density at radius 3 is 2.76 bits per heavy atom. The van der Waals surface area contributed by atoms with E-state index in [0.717, 1.165) is 5.56 Å². The molecule has 1 fully saturated rings. The summed E-state index contributed by atoms with van der Waals surface area (Å²) < 4.78 is 32.7. The first-order valence-electron chi connectivity index (χ1n) is 6.72. The molecule has 6 heteroatoms. The van der Waals surface area contributed by atoms with E-state index in [9.17, 15) is 8.42 Å². The lowest BCUT2D eigenvalue weighted by Crippen LogP contribution is -2.47. The number of rotatable bonds is 4. The van der Waals surface area contributed by atoms with Crippen molar-refractivity contribution in [3.63, 3.8) is 0 Å². The number of nitrogens with one attached hydrogen (secondary N) is 1. The lowest BCUT2D eigenvalue weighted by atomic mass is 9.90. The summed E-state index contributed by atoms with van der Waals surface area (Å²) in [5.41, 5.74) is 1.32. The molecule has 1 aliphatic rings. The van der Waals surface area contributed by atoms with Gasteiger partial charge in [0, 0.05) is 18.7 Å². The maximum Gasteiger partial charge on any atom is 0.242 e. The van der Waals surface area contributed by atoms with E-state index in [-0.39, 0.29) is 23.6 Å². The summed E-state index contributed by atoms with van der Waals surface area (Å²) in [5.74, 6) is 5.19. The summed E-state index contributed by atoms with van der Waals surface area (Å²) in [4.78, 5) is 0.148. The third-order valence-electron chi connectivity index (χ3n) is 3.48. The number of sulfonamides is 1. The van der Waals surface area contributed by atoms with Gasteiger partial charge in [0.15, 0.2) is 0 Å². The van der Waals surface area contributed by atoms with Crippen LogP contribution in [0.1, 0.15) is 24.0 Å². The molecule has 0 spiro atoms. The number of methoxy groups -OCH3 is 1. The molecule has 0 heterocycles. The van der Waals surface area contributed by atoms with Gasteiger partial charge in [-0.05, 0) is 37.5 Å². The highest BCUT2D eigenvalue weighted by molar-refractivity contribution is 7.89. The second-order valence-corrected chi connectivity index (χ2v) is 6.79. The highest BCUT2D eigenvalue weighted by Crippen LogP contribution is 2.25. The molecular weight excluding hydrogens is 290 g/mol. The number of aliphatic hydroxyl groups is 1. The molecule has 2 rings (SSSR count). The van der Waals surface area contributed by atoms with E-state index in [1.165, 1.54) is 0 Å². The van der Waals surface area contributed by atoms with E-state index in [1.54, 1.807) is 25.3 Å². The van der Waals surface area contributed by atoms with Gasteiger partial charge in [0.25, 0.3) is 0 Å². The number of aryl methyl sites for hydroxylation is 1. The van der Waals surface area contributed by atoms with Gasteiger partial charge < -0.3 is 9.84 Å². The smallest absolute Gasteiger partial charge is 0.242 e. The van der Waals surface area contributed by atoms with Crippen LogP contribution >= 0.6 is 0 Å². The largest absolute Gasteiger partial charge is 0.384 e. The van der Waals surface area contributed by atoms with E-state index in [2.05, 4.69) is 16.6 Å². The molecule has 5 nitrogen and oxygen atoms in total. The average Bonchev–Trinajstić information content (AvgIpc) is 2.39. The number of benzene rings is 1. The van der Waals surface area contributed by atoms with Crippen LogP contribution in [0.4, 0.5) is 0 Å². The minimum atomic E-state index is -3.62. The SMILES string of the molecule is COC1CC(NS(=O)(=O)c2ccc(C)cc2C#CCO)C1. The maximum absolute atomic E-state index is 12.4. The molecule has 0 aliphatic heterocycles. The van der Waals surface area contributed by atoms with Crippen molar-refractivity contribution in [1.82, 2.24) is 4.72 Å². The predicted octanol–water partition coefficient (Wildman–Crippen LogP) is 0.795. The summed E-state index contributed by atoms with van der Waals surface area (Å²) in [6, 6.07) is 4.89. The Bertz CT molecular complexity index is 667. The quantitative estimate of drug-likeness (QED) is 0.807. The molecule has 0 aromatic heterocycles. The lowest BCUT2D eigenvalue weighted by molar-refractivity contribution is 0.0236. The molecule has 1 aromatic rings. The first kappa shape index (κ1) is 16.0. The van der Waals surface area contributed by atoms with Gasteiger partial charge in [-0.25, -0.2) is 13.1 Å². The Labute approximate surface area is 125 Å². The molecule has 0 amide bonds. The van der Waals surface area contributed by atoms with Gasteiger partial charge >= 0.3 is 0 Å². The highest BCUT2D eigenvalue weighted by atomic mass is 32.2. The van der Waals surface area contributed by atoms with Crippen molar-refractivity contribution in [2.24, 2.45) is 0 Å². The zero-order valence-electron chi connectivity index (χ0n) is 12.1. The van der Waals surface area contributed by atoms with Gasteiger partial charge in [0.1, 0.15) is 6.61 Å². The molecule has 114 valence electrons. The van der Waals surface area contributed by atoms with E-state index >= 15 is 0 Å². The summed E-state index contributed by atoms with van der Waals surface area (Å²) in [6.45, 7) is 1.56. The van der Waals surface area contributed by atoms with Gasteiger partial charge in [-0.1, -0.05) is 17.9 Å². The molecule has 1 aliphatic carbocycles. The van der Waals surface area contributed by atoms with Crippen molar-refractivity contribution in [2.45, 2.75) is 36.8 Å². The first-order valence-corrected chi connectivity index (χ1v) is 8.20. The fraction of sp³-hybridized carbons (Fsp3) is 0.467. The molecule has 0 saturated heterocycles. The van der Waals surface area contributed by atoms with Crippen LogP contribution < -0.4 is 4.72 Å². The third-order valence-corrected chi connectivity index (χ3v) is 5.06. The Hall–Kier alpha value is -1.39. The maximum atomic E-state index is 12.4. The van der Waals surface area contributed by atoms with E-state index in [0.29, 0.717) is 18.4 Å². The average molecular weight is 309 g/mol. The molecular formula is C15H19NO4S. The molecule has 1 aromatic carbocycles. The standard InChI is InChI=1S/C15H19NO4S/c1-11-5-6-15(12(8-11)4-3-7-17)21(18,19)16-13-9-14(10-13)20-2/h5-6,8,13-14,16-17H,7,9-10H2,1-2H3. The van der Waals surface area contributed by atoms with Gasteiger partial charge in [-0.15, -0.1) is 0 Å². The monoisotopic (exact) mass is 309 g/mol. The van der Waals surface area contributed by atoms with Crippen LogP contribution in [0.15, 0.2) is 23.1 Å². The van der Waals surface area contributed by atoms with Crippen LogP contribution in [0.2, 0.25) is 0 Å². The Morgan fingerprint density at radius 2 is 2.14 bits per heavy atom. The Kier molecular flexibility index (Phi) is 5.01. The summed E-state index contributed by atoms with van der Waals surface area (Å²) in [7, 11) is -2.00. The fourth-order valence-corrected chi connectivity index (χ4v) is 3.65. The van der Waals surface area contributed by atoms with Gasteiger partial charge in [0.2, 0.25) is 10.0 Å². The van der Waals surface area contributed by atoms with Gasteiger partial charge in [-0.2, -0.15) is 0 Å². The van der Waals surface area contributed by atoms with Crippen molar-refractivity contribution in [3.05, 3.63) is 29.3 Å². The van der Waals surface area contributed by atoms with Crippen molar-refractivity contribution < 1.29 is 18.3 Å². The molecule has 21 heavy (non-hydrogen) atoms. The second-order valence-electron chi connectivity index (χ2n) is 5.11. The van der Waals surface area contributed by atoms with Crippen LogP contribution in [0.5, 0.6) is 0 Å². The zero-order chi connectivity index (χ0) is 15.5. The number of hydrogen-bond donors (Lipinski definition) is 2. The van der Waals surface area contributed by atoms with E-state index in [4.69, 9.17) is 9.84 Å². The van der Waals surface area contributed by atoms with E-state index in [1.807, 2.05) is 6.92 Å². The topological polar surface area (TPSA) is 75.6 Å². The number of ether oxygens (including phenoxy) is 1. The summed E-state index contributed by atoms with van der Waals surface area (Å²) in [5, 5.41) is 8.79. The normalized spacial score (nSPS) is 21.3. The first-order chi connectivity index (χ1) is 9.96. The van der Waals surface area contributed by atoms with Crippen LogP contribution in [-0.4, -0.2) is 39.4 Å². The Morgan fingerprint density at radius 1 is 1.43 bits per heavy atom. The van der Waals surface area contributed by atoms with Crippen LogP contribution in [0, 0.1) is 18.8 Å². The minimum absolute atomic E-state index is 0.0973. The Balaban J connectivity index is 2.23. The predicted molar refractivity (Wildman–Crippen MR) is 79.3 cm³/mol. The second kappa shape index (κ2) is 6.58. The molecule has 0 bridgehead atoms. The molecule has 0 radical (unpaired) electrons. The summed E-state index contributed by atoms with van der Waals surface area (Å²) in [6.07, 6.45) is 1.49. The molecule has 0 unspecified atom stereocenters. The van der Waals surface area contributed by atoms with Crippen LogP contribution in [0.3, 0.4) is 0 Å². The highest BCUT2D eigenvalue weighted by Gasteiger charge is 2.33. The van der Waals surface area contributed by atoms with Crippen molar-refractivity contribution >= 4 is 10.0 Å². The zero-order valence-corrected chi connectivity index (χ0v) is 12.9. The number of hydrogen-bond acceptors (Lipinski definition) is 4. The van der Waals surface area contributed by atoms with Gasteiger partial charge in [-0.3, -0.25) is 0 Å². The van der Waals surface area contributed by atoms with Crippen molar-refractivity contribution in [2.75, 3.05) is 13.7 Å². The third kappa shape index (κ3) is 3.83. The van der Waals surface area contributed by atoms with Gasteiger partial charge in [0.05, 0.1) is 11.0 Å². The minimum Gasteiger partial charge on any atom is -0.384 e. The molecule has 2 N–H and O–H groups in total. The van der Waals surface area contributed by atoms with Crippen LogP contribution in [-0.2, 0) is 14.8 Å². The lowest BCUT2D eigenvalue weighted by Gasteiger charge is -2.34. The van der Waals surface area contributed by atoms with Crippen molar-refractivity contribution in [1.29, 1.82) is 0 Å².